The number of hydrogen-bond donors (Lipinski definition) is 1. The summed E-state index contributed by atoms with van der Waals surface area (Å²) in [4.78, 5) is 44.8. The number of aliphatic carboxylic acids is 1. The van der Waals surface area contributed by atoms with Crippen LogP contribution in [0, 0.1) is 5.92 Å². The highest BCUT2D eigenvalue weighted by Gasteiger charge is 2.48. The molecule has 0 radical (unpaired) electrons. The third kappa shape index (κ3) is 7.46. The average Bonchev–Trinajstić information content (AvgIpc) is 3.62. The number of carbonyl (C=O) groups excluding carboxylic acids is 2. The smallest absolute Gasteiger partial charge is 0.308 e. The van der Waals surface area contributed by atoms with Crippen molar-refractivity contribution in [3.8, 4) is 11.5 Å². The van der Waals surface area contributed by atoms with Crippen LogP contribution in [0.25, 0.3) is 0 Å². The second-order valence-electron chi connectivity index (χ2n) is 12.5. The maximum absolute atomic E-state index is 13.7. The van der Waals surface area contributed by atoms with Crippen LogP contribution in [0.3, 0.4) is 0 Å². The van der Waals surface area contributed by atoms with E-state index < -0.39 is 17.9 Å². The van der Waals surface area contributed by atoms with E-state index in [2.05, 4.69) is 28.1 Å². The van der Waals surface area contributed by atoms with Gasteiger partial charge in [-0.3, -0.25) is 19.3 Å². The lowest BCUT2D eigenvalue weighted by Crippen LogP contribution is -2.49. The van der Waals surface area contributed by atoms with Gasteiger partial charge in [0.2, 0.25) is 18.6 Å². The van der Waals surface area contributed by atoms with Gasteiger partial charge >= 0.3 is 5.97 Å². The predicted octanol–water partition coefficient (Wildman–Crippen LogP) is 2.62. The zero-order valence-corrected chi connectivity index (χ0v) is 24.6. The van der Waals surface area contributed by atoms with E-state index in [0.717, 1.165) is 48.7 Å². The first-order valence-electron chi connectivity index (χ1n) is 14.8. The largest absolute Gasteiger partial charge is 0.481 e. The molecule has 0 spiro atoms. The van der Waals surface area contributed by atoms with Gasteiger partial charge in [0.05, 0.1) is 40.2 Å². The Morgan fingerprint density at radius 3 is 2.52 bits per heavy atom. The van der Waals surface area contributed by atoms with Gasteiger partial charge in [0.1, 0.15) is 0 Å². The van der Waals surface area contributed by atoms with Crippen LogP contribution in [0.5, 0.6) is 11.5 Å². The van der Waals surface area contributed by atoms with Crippen LogP contribution >= 0.6 is 0 Å². The third-order valence-corrected chi connectivity index (χ3v) is 8.42. The fraction of sp³-hybridized carbons (Fsp3) is 0.700. The molecule has 0 aromatic heterocycles. The van der Waals surface area contributed by atoms with Crippen molar-refractivity contribution in [3.63, 3.8) is 0 Å². The summed E-state index contributed by atoms with van der Waals surface area (Å²) in [5, 5.41) is 10.5. The Labute approximate surface area is 238 Å². The molecule has 3 heterocycles. The van der Waals surface area contributed by atoms with Gasteiger partial charge in [-0.05, 0) is 43.4 Å². The van der Waals surface area contributed by atoms with Crippen molar-refractivity contribution in [2.75, 3.05) is 73.7 Å². The van der Waals surface area contributed by atoms with Crippen LogP contribution in [-0.2, 0) is 14.4 Å². The van der Waals surface area contributed by atoms with Crippen LogP contribution in [0.1, 0.15) is 56.9 Å². The van der Waals surface area contributed by atoms with E-state index in [1.54, 1.807) is 4.90 Å². The number of fused-ring (bicyclic) bond motifs is 1. The zero-order valence-electron chi connectivity index (χ0n) is 24.6. The molecule has 3 atom stereocenters. The Balaban J connectivity index is 1.54. The molecule has 10 nitrogen and oxygen atoms in total. The molecule has 10 heteroatoms. The Bertz CT molecular complexity index is 1060. The van der Waals surface area contributed by atoms with Crippen molar-refractivity contribution in [3.05, 3.63) is 23.8 Å². The number of carboxylic acid groups (broad SMARTS) is 1. The number of benzene rings is 1. The van der Waals surface area contributed by atoms with Gasteiger partial charge in [0.15, 0.2) is 11.5 Å². The van der Waals surface area contributed by atoms with Crippen LogP contribution < -0.4 is 9.47 Å². The summed E-state index contributed by atoms with van der Waals surface area (Å²) in [6.07, 6.45) is 5.19. The lowest BCUT2D eigenvalue weighted by atomic mass is 9.85. The number of rotatable bonds is 14. The molecule has 0 aliphatic carbocycles. The summed E-state index contributed by atoms with van der Waals surface area (Å²) in [6, 6.07) is 5.14. The van der Waals surface area contributed by atoms with Crippen molar-refractivity contribution in [1.29, 1.82) is 0 Å². The summed E-state index contributed by atoms with van der Waals surface area (Å²) in [5.74, 6) is -0.641. The molecule has 3 aliphatic heterocycles. The van der Waals surface area contributed by atoms with E-state index >= 15 is 0 Å². The first-order valence-corrected chi connectivity index (χ1v) is 14.8. The summed E-state index contributed by atoms with van der Waals surface area (Å²) in [6.45, 7) is 6.26. The minimum atomic E-state index is -0.905. The van der Waals surface area contributed by atoms with Crippen LogP contribution in [0.15, 0.2) is 18.2 Å². The standard InChI is InChI=1S/C30H46N4O6/c1-5-6-13-31(14-7-8-16-34(2,3)4)28(36)20-33-18-23(22-11-12-25-26(17-22)40-21-39-25)29(30(37)38)24(33)19-32-15-9-10-27(32)35/h11-12,17,23-24,29H,5-10,13-16,18-21H2,1-4H3/p+1. The predicted molar refractivity (Wildman–Crippen MR) is 151 cm³/mol. The molecule has 3 aliphatic rings. The average molecular weight is 560 g/mol. The van der Waals surface area contributed by atoms with Crippen LogP contribution in [0.2, 0.25) is 0 Å². The fourth-order valence-corrected chi connectivity index (χ4v) is 6.20. The highest BCUT2D eigenvalue weighted by Crippen LogP contribution is 2.42. The van der Waals surface area contributed by atoms with Gasteiger partial charge in [-0.15, -0.1) is 0 Å². The number of quaternary nitrogens is 1. The van der Waals surface area contributed by atoms with Gasteiger partial charge < -0.3 is 28.9 Å². The Kier molecular flexibility index (Phi) is 9.94. The van der Waals surface area contributed by atoms with Crippen LogP contribution in [-0.4, -0.2) is 122 Å². The second-order valence-corrected chi connectivity index (χ2v) is 12.5. The minimum absolute atomic E-state index is 0.0342. The molecule has 40 heavy (non-hydrogen) atoms. The second kappa shape index (κ2) is 13.2. The Morgan fingerprint density at radius 1 is 1.10 bits per heavy atom. The summed E-state index contributed by atoms with van der Waals surface area (Å²) >= 11 is 0. The summed E-state index contributed by atoms with van der Waals surface area (Å²) in [5.41, 5.74) is 0.854. The van der Waals surface area contributed by atoms with Gasteiger partial charge in [-0.1, -0.05) is 19.4 Å². The minimum Gasteiger partial charge on any atom is -0.481 e. The van der Waals surface area contributed by atoms with Gasteiger partial charge in [0, 0.05) is 51.1 Å². The van der Waals surface area contributed by atoms with Crippen molar-refractivity contribution < 1.29 is 33.4 Å². The molecule has 1 aromatic carbocycles. The van der Waals surface area contributed by atoms with E-state index in [0.29, 0.717) is 50.6 Å². The molecule has 2 amide bonds. The first-order chi connectivity index (χ1) is 19.1. The van der Waals surface area contributed by atoms with Gasteiger partial charge in [-0.25, -0.2) is 0 Å². The molecular weight excluding hydrogens is 512 g/mol. The van der Waals surface area contributed by atoms with Crippen LogP contribution in [0.4, 0.5) is 0 Å². The molecule has 222 valence electrons. The van der Waals surface area contributed by atoms with Crippen molar-refractivity contribution in [2.45, 2.75) is 57.4 Å². The van der Waals surface area contributed by atoms with Crippen molar-refractivity contribution in [2.24, 2.45) is 5.92 Å². The third-order valence-electron chi connectivity index (χ3n) is 8.42. The van der Waals surface area contributed by atoms with Gasteiger partial charge in [0.25, 0.3) is 0 Å². The monoisotopic (exact) mass is 559 g/mol. The zero-order chi connectivity index (χ0) is 28.9. The number of unbranched alkanes of at least 4 members (excludes halogenated alkanes) is 2. The number of likely N-dealkylation sites (tertiary alicyclic amines) is 2. The van der Waals surface area contributed by atoms with E-state index in [4.69, 9.17) is 9.47 Å². The lowest BCUT2D eigenvalue weighted by molar-refractivity contribution is -0.870. The molecule has 1 N–H and O–H groups in total. The molecular formula is C30H47N4O6+. The molecule has 0 saturated carbocycles. The number of nitrogens with zero attached hydrogens (tertiary/aromatic N) is 4. The maximum atomic E-state index is 13.7. The van der Waals surface area contributed by atoms with E-state index in [1.807, 2.05) is 28.0 Å². The SMILES string of the molecule is CCCCN(CCCC[N+](C)(C)C)C(=O)CN1CC(c2ccc3c(c2)OCO3)C(C(=O)O)C1CN1CCCC1=O. The van der Waals surface area contributed by atoms with E-state index in [9.17, 15) is 19.5 Å². The Hall–Kier alpha value is -2.85. The first kappa shape index (κ1) is 30.1. The van der Waals surface area contributed by atoms with E-state index in [1.165, 1.54) is 0 Å². The molecule has 4 rings (SSSR count). The highest BCUT2D eigenvalue weighted by molar-refractivity contribution is 5.80. The maximum Gasteiger partial charge on any atom is 0.308 e. The molecule has 1 aromatic rings. The summed E-state index contributed by atoms with van der Waals surface area (Å²) < 4.78 is 11.9. The molecule has 3 unspecified atom stereocenters. The number of hydrogen-bond acceptors (Lipinski definition) is 6. The lowest BCUT2D eigenvalue weighted by Gasteiger charge is -2.32. The van der Waals surface area contributed by atoms with E-state index in [-0.39, 0.29) is 31.1 Å². The number of carboxylic acids is 1. The Morgan fingerprint density at radius 2 is 1.85 bits per heavy atom. The fourth-order valence-electron chi connectivity index (χ4n) is 6.20. The van der Waals surface area contributed by atoms with Crippen molar-refractivity contribution >= 4 is 17.8 Å². The summed E-state index contributed by atoms with van der Waals surface area (Å²) in [7, 11) is 6.52. The topological polar surface area (TPSA) is 99.6 Å². The van der Waals surface area contributed by atoms with Gasteiger partial charge in [-0.2, -0.15) is 0 Å². The molecule has 0 bridgehead atoms. The number of amides is 2. The molecule has 2 saturated heterocycles. The highest BCUT2D eigenvalue weighted by atomic mass is 16.7. The molecule has 2 fully saturated rings. The number of ether oxygens (including phenoxy) is 2. The normalized spacial score (nSPS) is 22.8. The van der Waals surface area contributed by atoms with Crippen molar-refractivity contribution in [1.82, 2.24) is 14.7 Å². The quantitative estimate of drug-likeness (QED) is 0.276. The number of carbonyl (C=O) groups is 3.